The maximum Gasteiger partial charge on any atom is 0.412 e. The van der Waals surface area contributed by atoms with Crippen molar-refractivity contribution in [1.82, 2.24) is 5.06 Å². The van der Waals surface area contributed by atoms with Crippen molar-refractivity contribution >= 4 is 34.9 Å². The van der Waals surface area contributed by atoms with Gasteiger partial charge in [0.15, 0.2) is 5.60 Å². The quantitative estimate of drug-likeness (QED) is 0.539. The summed E-state index contributed by atoms with van der Waals surface area (Å²) in [6, 6.07) is 4.09. The third-order valence-electron chi connectivity index (χ3n) is 4.87. The third kappa shape index (κ3) is 6.54. The van der Waals surface area contributed by atoms with Gasteiger partial charge in [-0.15, -0.1) is 0 Å². The van der Waals surface area contributed by atoms with Gasteiger partial charge < -0.3 is 20.2 Å². The van der Waals surface area contributed by atoms with Gasteiger partial charge in [-0.1, -0.05) is 29.8 Å². The molecule has 8 nitrogen and oxygen atoms in total. The largest absolute Gasteiger partial charge is 0.479 e. The molecular weight excluding hydrogens is 424 g/mol. The van der Waals surface area contributed by atoms with Crippen LogP contribution in [0.2, 0.25) is 5.02 Å². The summed E-state index contributed by atoms with van der Waals surface area (Å²) in [4.78, 5) is 23.9. The Morgan fingerprint density at radius 1 is 1.35 bits per heavy atom. The molecule has 0 bridgehead atoms. The highest BCUT2D eigenvalue weighted by molar-refractivity contribution is 6.31. The average molecular weight is 453 g/mol. The van der Waals surface area contributed by atoms with Crippen LogP contribution in [0.15, 0.2) is 36.4 Å². The van der Waals surface area contributed by atoms with E-state index < -0.39 is 35.9 Å². The molecule has 1 aliphatic rings. The number of halogens is 1. The molecule has 9 heteroatoms. The Kier molecular flexibility index (Phi) is 7.54. The highest BCUT2D eigenvalue weighted by Gasteiger charge is 2.40. The maximum absolute atomic E-state index is 12.3. The second-order valence-electron chi connectivity index (χ2n) is 8.69. The molecule has 31 heavy (non-hydrogen) atoms. The van der Waals surface area contributed by atoms with Crippen LogP contribution in [0.1, 0.15) is 46.1 Å². The lowest BCUT2D eigenvalue weighted by Gasteiger charge is -2.31. The fraction of sp³-hybridized carbons (Fsp3) is 0.455. The number of rotatable bonds is 3. The van der Waals surface area contributed by atoms with E-state index in [0.717, 1.165) is 5.06 Å². The highest BCUT2D eigenvalue weighted by Crippen LogP contribution is 2.35. The Bertz CT molecular complexity index is 908. The number of hydrogen-bond acceptors (Lipinski definition) is 6. The van der Waals surface area contributed by atoms with Crippen LogP contribution in [0.3, 0.4) is 0 Å². The molecule has 0 fully saturated rings. The van der Waals surface area contributed by atoms with Crippen LogP contribution < -0.4 is 5.32 Å². The average Bonchev–Trinajstić information content (AvgIpc) is 2.67. The summed E-state index contributed by atoms with van der Waals surface area (Å²) in [5, 5.41) is 34.4. The zero-order chi connectivity index (χ0) is 23.6. The molecule has 2 unspecified atom stereocenters. The minimum atomic E-state index is -2.14. The molecule has 1 amide bonds. The number of allylic oxidation sites excluding steroid dienone is 2. The van der Waals surface area contributed by atoms with E-state index in [2.05, 4.69) is 11.9 Å². The number of carbonyl (C=O) groups is 2. The Balaban J connectivity index is 2.49. The van der Waals surface area contributed by atoms with Crippen molar-refractivity contribution < 1.29 is 29.7 Å². The molecule has 1 aromatic carbocycles. The lowest BCUT2D eigenvalue weighted by Crippen LogP contribution is -2.50. The van der Waals surface area contributed by atoms with Gasteiger partial charge in [0.1, 0.15) is 5.60 Å². The lowest BCUT2D eigenvalue weighted by atomic mass is 9.94. The molecule has 4 N–H and O–H groups in total. The summed E-state index contributed by atoms with van der Waals surface area (Å²) in [5.74, 6) is -1.43. The number of carboxylic acid groups (broad SMARTS) is 1. The van der Waals surface area contributed by atoms with E-state index in [9.17, 15) is 25.0 Å². The van der Waals surface area contributed by atoms with E-state index >= 15 is 0 Å². The number of hydrogen-bond donors (Lipinski definition) is 4. The smallest absolute Gasteiger partial charge is 0.412 e. The molecule has 2 atom stereocenters. The Morgan fingerprint density at radius 2 is 2.00 bits per heavy atom. The van der Waals surface area contributed by atoms with Crippen molar-refractivity contribution in [1.29, 1.82) is 0 Å². The number of aliphatic hydroxyl groups is 1. The van der Waals surface area contributed by atoms with Crippen molar-refractivity contribution in [3.63, 3.8) is 0 Å². The Labute approximate surface area is 186 Å². The van der Waals surface area contributed by atoms with Crippen molar-refractivity contribution in [2.45, 2.75) is 57.8 Å². The first-order valence-corrected chi connectivity index (χ1v) is 10.2. The summed E-state index contributed by atoms with van der Waals surface area (Å²) in [5.41, 5.74) is -0.840. The molecule has 1 heterocycles. The van der Waals surface area contributed by atoms with Crippen LogP contribution in [-0.4, -0.2) is 56.3 Å². The second-order valence-corrected chi connectivity index (χ2v) is 9.12. The first-order chi connectivity index (χ1) is 14.2. The Morgan fingerprint density at radius 3 is 2.58 bits per heavy atom. The predicted molar refractivity (Wildman–Crippen MR) is 118 cm³/mol. The predicted octanol–water partition coefficient (Wildman–Crippen LogP) is 4.32. The number of hydroxylamine groups is 2. The topological polar surface area (TPSA) is 119 Å². The van der Waals surface area contributed by atoms with Gasteiger partial charge in [-0.05, 0) is 64.3 Å². The van der Waals surface area contributed by atoms with Crippen LogP contribution in [0.4, 0.5) is 10.5 Å². The fourth-order valence-corrected chi connectivity index (χ4v) is 3.35. The van der Waals surface area contributed by atoms with Gasteiger partial charge in [-0.2, -0.15) is 5.06 Å². The van der Waals surface area contributed by atoms with Gasteiger partial charge in [0.05, 0.1) is 18.3 Å². The number of nitrogens with zero attached hydrogens (tertiary/aromatic N) is 1. The normalized spacial score (nSPS) is 24.9. The lowest BCUT2D eigenvalue weighted by molar-refractivity contribution is -0.183. The highest BCUT2D eigenvalue weighted by atomic mass is 35.5. The monoisotopic (exact) mass is 452 g/mol. The molecule has 2 rings (SSSR count). The van der Waals surface area contributed by atoms with Crippen molar-refractivity contribution in [2.75, 3.05) is 11.9 Å². The summed E-state index contributed by atoms with van der Waals surface area (Å²) in [6.07, 6.45) is 1.12. The first kappa shape index (κ1) is 24.9. The first-order valence-electron chi connectivity index (χ1n) is 9.82. The molecule has 0 saturated heterocycles. The number of β-amino-alcohol motifs (C(OH)–C–C–N with tert-alkyl or cyclic N) is 1. The van der Waals surface area contributed by atoms with Gasteiger partial charge >= 0.3 is 12.1 Å². The Hall–Kier alpha value is -2.39. The molecule has 170 valence electrons. The van der Waals surface area contributed by atoms with Gasteiger partial charge in [0, 0.05) is 10.6 Å². The number of benzene rings is 1. The molecule has 0 spiro atoms. The number of aliphatic carboxylic acids is 1. The number of nitrogens with one attached hydrogen (secondary N) is 1. The maximum atomic E-state index is 12.3. The van der Waals surface area contributed by atoms with E-state index in [4.69, 9.17) is 16.3 Å². The minimum Gasteiger partial charge on any atom is -0.479 e. The molecule has 1 aliphatic heterocycles. The van der Waals surface area contributed by atoms with Crippen LogP contribution in [0.25, 0.3) is 5.57 Å². The van der Waals surface area contributed by atoms with Crippen LogP contribution in [0, 0.1) is 0 Å². The van der Waals surface area contributed by atoms with Crippen LogP contribution in [-0.2, 0) is 9.53 Å². The van der Waals surface area contributed by atoms with Crippen molar-refractivity contribution in [2.24, 2.45) is 0 Å². The van der Waals surface area contributed by atoms with E-state index in [1.165, 1.54) is 0 Å². The standard InChI is InChI=1S/C22H29ClN2O6/c1-13-8-9-22(29,19(26)27)12-25(30)14(2)16(10-13)17-11-15(23)6-7-18(17)24-20(28)31-21(3,4)5/h6-7,10-11,14,29-30H,1,8-9,12H2,2-5H3,(H,24,28)(H,26,27)/b16-10+. The van der Waals surface area contributed by atoms with E-state index in [0.29, 0.717) is 27.4 Å². The van der Waals surface area contributed by atoms with E-state index in [1.54, 1.807) is 52.0 Å². The molecule has 0 aromatic heterocycles. The molecule has 0 radical (unpaired) electrons. The summed E-state index contributed by atoms with van der Waals surface area (Å²) in [6.45, 7) is 10.3. The summed E-state index contributed by atoms with van der Waals surface area (Å²) in [7, 11) is 0. The van der Waals surface area contributed by atoms with E-state index in [1.807, 2.05) is 0 Å². The van der Waals surface area contributed by atoms with Crippen molar-refractivity contribution in [3.05, 3.63) is 47.0 Å². The van der Waals surface area contributed by atoms with Crippen molar-refractivity contribution in [3.8, 4) is 0 Å². The number of carbonyl (C=O) groups excluding carboxylic acids is 1. The molecule has 0 aliphatic carbocycles. The van der Waals surface area contributed by atoms with Crippen LogP contribution >= 0.6 is 11.6 Å². The minimum absolute atomic E-state index is 0.118. The second kappa shape index (κ2) is 9.40. The third-order valence-corrected chi connectivity index (χ3v) is 5.10. The van der Waals surface area contributed by atoms with Gasteiger partial charge in [0.2, 0.25) is 0 Å². The zero-order valence-corrected chi connectivity index (χ0v) is 18.9. The zero-order valence-electron chi connectivity index (χ0n) is 18.1. The van der Waals surface area contributed by atoms with Gasteiger partial charge in [0.25, 0.3) is 0 Å². The molecule has 1 aromatic rings. The number of anilines is 1. The fourth-order valence-electron chi connectivity index (χ4n) is 3.18. The number of ether oxygens (including phenoxy) is 1. The van der Waals surface area contributed by atoms with Crippen LogP contribution in [0.5, 0.6) is 0 Å². The number of carboxylic acids is 1. The molecule has 0 saturated carbocycles. The SMILES string of the molecule is C=C1/C=C(/c2cc(Cl)ccc2NC(=O)OC(C)(C)C)C(C)N(O)CC(O)(C(=O)O)CC1. The van der Waals surface area contributed by atoms with E-state index in [-0.39, 0.29) is 12.8 Å². The summed E-state index contributed by atoms with van der Waals surface area (Å²) >= 11 is 6.20. The molecular formula is C22H29ClN2O6. The van der Waals surface area contributed by atoms with Gasteiger partial charge in [-0.25, -0.2) is 9.59 Å². The van der Waals surface area contributed by atoms with Gasteiger partial charge in [-0.3, -0.25) is 5.32 Å². The number of amides is 1. The summed E-state index contributed by atoms with van der Waals surface area (Å²) < 4.78 is 5.32.